The van der Waals surface area contributed by atoms with Crippen molar-refractivity contribution in [3.8, 4) is 0 Å². The lowest BCUT2D eigenvalue weighted by molar-refractivity contribution is -0.140. The average Bonchev–Trinajstić information content (AvgIpc) is 2.77. The van der Waals surface area contributed by atoms with Crippen molar-refractivity contribution in [3.05, 3.63) is 73.2 Å². The fraction of sp³-hybridized carbons (Fsp3) is 0.348. The Kier molecular flexibility index (Phi) is 10.8. The summed E-state index contributed by atoms with van der Waals surface area (Å²) in [6, 6.07) is 3.07. The van der Waals surface area contributed by atoms with Crippen LogP contribution in [0.15, 0.2) is 40.9 Å². The molecular formula is C23H17BrCl2F10N2O. The quantitative estimate of drug-likeness (QED) is 0.166. The van der Waals surface area contributed by atoms with Crippen molar-refractivity contribution in [1.29, 1.82) is 0 Å². The first-order valence-electron chi connectivity index (χ1n) is 10.6. The summed E-state index contributed by atoms with van der Waals surface area (Å²) in [5, 5.41) is 3.84. The van der Waals surface area contributed by atoms with Crippen molar-refractivity contribution in [1.82, 2.24) is 10.6 Å². The van der Waals surface area contributed by atoms with E-state index in [0.717, 1.165) is 12.1 Å². The molecule has 0 bridgehead atoms. The topological polar surface area (TPSA) is 41.1 Å². The van der Waals surface area contributed by atoms with Crippen LogP contribution < -0.4 is 10.6 Å². The number of allylic oxidation sites excluding steroid dienone is 1. The number of rotatable bonds is 8. The molecule has 0 saturated heterocycles. The molecular weight excluding hydrogens is 661 g/mol. The molecule has 2 aromatic rings. The van der Waals surface area contributed by atoms with Gasteiger partial charge in [-0.05, 0) is 58.8 Å². The van der Waals surface area contributed by atoms with Gasteiger partial charge in [0.2, 0.25) is 0 Å². The van der Waals surface area contributed by atoms with Gasteiger partial charge in [-0.25, -0.2) is 4.39 Å². The van der Waals surface area contributed by atoms with Crippen molar-refractivity contribution in [3.63, 3.8) is 0 Å². The highest BCUT2D eigenvalue weighted by molar-refractivity contribution is 9.10. The zero-order chi connectivity index (χ0) is 29.9. The molecule has 216 valence electrons. The molecule has 0 aromatic heterocycles. The first kappa shape index (κ1) is 33.2. The van der Waals surface area contributed by atoms with E-state index in [1.165, 1.54) is 6.92 Å². The standard InChI is InChI=1S/C23H17BrCl2F10N2O/c1-10(37-5-4-21(28,29)30)38-20(39)13-3-2-11(6-15(13)23(34,35)36)18(27)9-14(22(31,32)33)12-7-16(25)19(24)17(26)8-12/h2-3,6-10,14,37H,4-5H2,1H3,(H,38,39)/b18-9-. The van der Waals surface area contributed by atoms with Crippen LogP contribution in [0.1, 0.15) is 46.3 Å². The van der Waals surface area contributed by atoms with Crippen LogP contribution in [0.3, 0.4) is 0 Å². The molecule has 16 heteroatoms. The molecule has 0 heterocycles. The maximum atomic E-state index is 14.9. The van der Waals surface area contributed by atoms with Crippen molar-refractivity contribution < 1.29 is 48.7 Å². The number of carbonyl (C=O) groups is 1. The first-order valence-corrected chi connectivity index (χ1v) is 12.2. The zero-order valence-electron chi connectivity index (χ0n) is 19.4. The normalized spacial score (nSPS) is 14.8. The lowest BCUT2D eigenvalue weighted by Crippen LogP contribution is -2.44. The van der Waals surface area contributed by atoms with Crippen LogP contribution in [0.5, 0.6) is 0 Å². The molecule has 0 saturated carbocycles. The lowest BCUT2D eigenvalue weighted by atomic mass is 9.95. The average molecular weight is 678 g/mol. The minimum atomic E-state index is -5.24. The minimum Gasteiger partial charge on any atom is -0.337 e. The summed E-state index contributed by atoms with van der Waals surface area (Å²) in [4.78, 5) is 12.4. The van der Waals surface area contributed by atoms with E-state index >= 15 is 0 Å². The summed E-state index contributed by atoms with van der Waals surface area (Å²) in [5.41, 5.74) is -4.21. The van der Waals surface area contributed by atoms with Crippen LogP contribution in [0.2, 0.25) is 10.0 Å². The number of benzene rings is 2. The second-order valence-electron chi connectivity index (χ2n) is 8.10. The first-order chi connectivity index (χ1) is 17.7. The van der Waals surface area contributed by atoms with Gasteiger partial charge >= 0.3 is 18.5 Å². The van der Waals surface area contributed by atoms with Crippen LogP contribution in [-0.4, -0.2) is 31.0 Å². The summed E-state index contributed by atoms with van der Waals surface area (Å²) in [7, 11) is 0. The van der Waals surface area contributed by atoms with Crippen molar-refractivity contribution in [2.45, 2.75) is 44.0 Å². The number of nitrogens with one attached hydrogen (secondary N) is 2. The van der Waals surface area contributed by atoms with Crippen LogP contribution in [0, 0.1) is 0 Å². The van der Waals surface area contributed by atoms with E-state index in [1.54, 1.807) is 0 Å². The summed E-state index contributed by atoms with van der Waals surface area (Å²) in [5.74, 6) is -5.70. The number of amides is 1. The summed E-state index contributed by atoms with van der Waals surface area (Å²) < 4.78 is 134. The smallest absolute Gasteiger partial charge is 0.337 e. The minimum absolute atomic E-state index is 0.0395. The fourth-order valence-electron chi connectivity index (χ4n) is 3.26. The number of alkyl halides is 9. The molecule has 2 aromatic carbocycles. The maximum absolute atomic E-state index is 14.9. The van der Waals surface area contributed by atoms with Gasteiger partial charge in [0.1, 0.15) is 11.7 Å². The molecule has 2 N–H and O–H groups in total. The highest BCUT2D eigenvalue weighted by atomic mass is 79.9. The van der Waals surface area contributed by atoms with Crippen LogP contribution in [-0.2, 0) is 6.18 Å². The predicted octanol–water partition coefficient (Wildman–Crippen LogP) is 9.05. The number of carbonyl (C=O) groups excluding carboxylic acids is 1. The van der Waals surface area contributed by atoms with E-state index in [1.807, 2.05) is 5.32 Å². The third-order valence-electron chi connectivity index (χ3n) is 5.08. The van der Waals surface area contributed by atoms with E-state index in [9.17, 15) is 48.7 Å². The Morgan fingerprint density at radius 3 is 2.05 bits per heavy atom. The zero-order valence-corrected chi connectivity index (χ0v) is 22.5. The van der Waals surface area contributed by atoms with Crippen LogP contribution in [0.25, 0.3) is 5.83 Å². The third kappa shape index (κ3) is 9.54. The van der Waals surface area contributed by atoms with Gasteiger partial charge in [-0.2, -0.15) is 39.5 Å². The maximum Gasteiger partial charge on any atom is 0.417 e. The van der Waals surface area contributed by atoms with Gasteiger partial charge in [-0.1, -0.05) is 29.3 Å². The van der Waals surface area contributed by atoms with Crippen molar-refractivity contribution in [2.24, 2.45) is 0 Å². The van der Waals surface area contributed by atoms with Crippen molar-refractivity contribution in [2.75, 3.05) is 6.54 Å². The Hall–Kier alpha value is -2.03. The Morgan fingerprint density at radius 2 is 1.56 bits per heavy atom. The Bertz CT molecular complexity index is 1210. The van der Waals surface area contributed by atoms with Crippen molar-refractivity contribution >= 4 is 50.9 Å². The molecule has 39 heavy (non-hydrogen) atoms. The second-order valence-corrected chi connectivity index (χ2v) is 9.71. The number of hydrogen-bond donors (Lipinski definition) is 2. The number of hydrogen-bond acceptors (Lipinski definition) is 2. The molecule has 2 rings (SSSR count). The summed E-state index contributed by atoms with van der Waals surface area (Å²) in [6.45, 7) is 0.539. The monoisotopic (exact) mass is 676 g/mol. The Morgan fingerprint density at radius 1 is 1.00 bits per heavy atom. The molecule has 0 radical (unpaired) electrons. The molecule has 0 spiro atoms. The van der Waals surface area contributed by atoms with E-state index in [4.69, 9.17) is 23.2 Å². The molecule has 0 aliphatic rings. The second kappa shape index (κ2) is 12.6. The molecule has 0 fully saturated rings. The van der Waals surface area contributed by atoms with Crippen LogP contribution >= 0.6 is 39.1 Å². The largest absolute Gasteiger partial charge is 0.417 e. The SMILES string of the molecule is CC(NCCC(F)(F)F)NC(=O)c1ccc(/C(F)=C/C(c2cc(Cl)c(Br)c(Cl)c2)C(F)(F)F)cc1C(F)(F)F. The van der Waals surface area contributed by atoms with Gasteiger partial charge in [0.25, 0.3) is 5.91 Å². The van der Waals surface area contributed by atoms with Gasteiger partial charge in [-0.3, -0.25) is 10.1 Å². The predicted molar refractivity (Wildman–Crippen MR) is 129 cm³/mol. The van der Waals surface area contributed by atoms with Gasteiger partial charge in [0.05, 0.1) is 38.2 Å². The van der Waals surface area contributed by atoms with Crippen LogP contribution in [0.4, 0.5) is 43.9 Å². The van der Waals surface area contributed by atoms with E-state index in [2.05, 4.69) is 21.2 Å². The van der Waals surface area contributed by atoms with Gasteiger partial charge in [0.15, 0.2) is 0 Å². The molecule has 1 amide bonds. The van der Waals surface area contributed by atoms with Gasteiger partial charge < -0.3 is 5.32 Å². The third-order valence-corrected chi connectivity index (χ3v) is 6.99. The Labute approximate surface area is 233 Å². The molecule has 2 unspecified atom stereocenters. The number of halogens is 13. The summed E-state index contributed by atoms with van der Waals surface area (Å²) in [6.07, 6.45) is -17.3. The molecule has 3 nitrogen and oxygen atoms in total. The van der Waals surface area contributed by atoms with E-state index in [0.29, 0.717) is 12.1 Å². The Balaban J connectivity index is 2.42. The lowest BCUT2D eigenvalue weighted by Gasteiger charge is -2.20. The fourth-order valence-corrected chi connectivity index (χ4v) is 3.99. The highest BCUT2D eigenvalue weighted by Gasteiger charge is 2.41. The van der Waals surface area contributed by atoms with E-state index < -0.39 is 77.6 Å². The summed E-state index contributed by atoms with van der Waals surface area (Å²) >= 11 is 14.6. The molecule has 2 atom stereocenters. The molecule has 0 aliphatic carbocycles. The van der Waals surface area contributed by atoms with Gasteiger partial charge in [0, 0.05) is 12.1 Å². The van der Waals surface area contributed by atoms with Gasteiger partial charge in [-0.15, -0.1) is 0 Å². The molecule has 0 aliphatic heterocycles. The van der Waals surface area contributed by atoms with E-state index in [-0.39, 0.29) is 26.7 Å². The highest BCUT2D eigenvalue weighted by Crippen LogP contribution is 2.43.